The van der Waals surface area contributed by atoms with Crippen molar-refractivity contribution in [3.8, 4) is 11.1 Å². The molecule has 11 heteroatoms. The molecule has 0 fully saturated rings. The highest BCUT2D eigenvalue weighted by Crippen LogP contribution is 2.40. The molecule has 212 valence electrons. The van der Waals surface area contributed by atoms with Crippen molar-refractivity contribution in [2.45, 2.75) is 70.5 Å². The van der Waals surface area contributed by atoms with Gasteiger partial charge >= 0.3 is 5.97 Å². The van der Waals surface area contributed by atoms with E-state index in [1.54, 1.807) is 16.8 Å². The summed E-state index contributed by atoms with van der Waals surface area (Å²) in [7, 11) is -1.80. The van der Waals surface area contributed by atoms with Gasteiger partial charge < -0.3 is 14.1 Å². The molecule has 1 aliphatic rings. The number of rotatable bonds is 8. The minimum absolute atomic E-state index is 0.115. The van der Waals surface area contributed by atoms with Gasteiger partial charge in [-0.05, 0) is 41.7 Å². The number of carboxylic acids is 1. The predicted molar refractivity (Wildman–Crippen MR) is 159 cm³/mol. The van der Waals surface area contributed by atoms with Gasteiger partial charge in [0.05, 0.1) is 28.6 Å². The molecule has 7 nitrogen and oxygen atoms in total. The number of aliphatic carboxylic acids is 1. The molecule has 2 aromatic heterocycles. The van der Waals surface area contributed by atoms with Crippen LogP contribution >= 0.6 is 23.2 Å². The standard InChI is InChI=1S/C29H33Cl2FN4O3Si/c1-29(2,3)40(4,5)39-11-10-17-6-8-18(9-7-17)20-13-22(30)21-15-36(34-25(21)24(20)31)27(28(37)38)26-23-12-19(32)14-35(23)16-33-26/h6-9,13,15-16,19,27H,10-12,14H2,1-5H3,(H,37,38)/t19-,27?/m1/s1. The first-order valence-electron chi connectivity index (χ1n) is 13.3. The molecule has 2 aromatic carbocycles. The highest BCUT2D eigenvalue weighted by molar-refractivity contribution is 6.74. The Morgan fingerprint density at radius 2 is 1.95 bits per heavy atom. The van der Waals surface area contributed by atoms with Crippen LogP contribution in [-0.2, 0) is 28.6 Å². The van der Waals surface area contributed by atoms with E-state index in [4.69, 9.17) is 27.6 Å². The van der Waals surface area contributed by atoms with Gasteiger partial charge in [0, 0.05) is 35.9 Å². The third-order valence-electron chi connectivity index (χ3n) is 8.18. The average molecular weight is 604 g/mol. The van der Waals surface area contributed by atoms with Crippen LogP contribution in [0.1, 0.15) is 43.8 Å². The second-order valence-electron chi connectivity index (χ2n) is 11.9. The summed E-state index contributed by atoms with van der Waals surface area (Å²) >= 11 is 13.5. The SMILES string of the molecule is CC(C)(C)[Si](C)(C)OCCc1ccc(-c2cc(Cl)c3cn(C(C(=O)O)c4ncn5c4C[C@@H](F)C5)nc3c2Cl)cc1. The molecule has 0 spiro atoms. The van der Waals surface area contributed by atoms with Gasteiger partial charge in [0.1, 0.15) is 11.7 Å². The number of nitrogens with zero attached hydrogens (tertiary/aromatic N) is 4. The van der Waals surface area contributed by atoms with Crippen molar-refractivity contribution in [3.05, 3.63) is 69.9 Å². The highest BCUT2D eigenvalue weighted by Gasteiger charge is 2.37. The largest absolute Gasteiger partial charge is 0.479 e. The number of carbonyl (C=O) groups is 1. The maximum absolute atomic E-state index is 14.0. The van der Waals surface area contributed by atoms with Crippen molar-refractivity contribution in [1.82, 2.24) is 19.3 Å². The van der Waals surface area contributed by atoms with E-state index in [-0.39, 0.29) is 23.7 Å². The van der Waals surface area contributed by atoms with Crippen molar-refractivity contribution in [2.24, 2.45) is 0 Å². The zero-order chi connectivity index (χ0) is 29.0. The molecule has 4 aromatic rings. The molecule has 0 bridgehead atoms. The third-order valence-corrected chi connectivity index (χ3v) is 13.4. The fraction of sp³-hybridized carbons (Fsp3) is 0.414. The molecular formula is C29H33Cl2FN4O3Si. The van der Waals surface area contributed by atoms with E-state index in [0.29, 0.717) is 38.8 Å². The number of carboxylic acid groups (broad SMARTS) is 1. The van der Waals surface area contributed by atoms with Gasteiger partial charge in [0.2, 0.25) is 0 Å². The second kappa shape index (κ2) is 10.6. The van der Waals surface area contributed by atoms with Gasteiger partial charge in [0.25, 0.3) is 0 Å². The summed E-state index contributed by atoms with van der Waals surface area (Å²) in [6.45, 7) is 12.0. The van der Waals surface area contributed by atoms with Crippen LogP contribution < -0.4 is 0 Å². The lowest BCUT2D eigenvalue weighted by Gasteiger charge is -2.36. The molecule has 0 radical (unpaired) electrons. The number of halogens is 3. The number of alkyl halides is 1. The van der Waals surface area contributed by atoms with E-state index in [9.17, 15) is 14.3 Å². The topological polar surface area (TPSA) is 82.2 Å². The first-order valence-corrected chi connectivity index (χ1v) is 16.9. The molecule has 3 heterocycles. The van der Waals surface area contributed by atoms with E-state index in [0.717, 1.165) is 17.5 Å². The normalized spacial score (nSPS) is 16.4. The molecule has 0 aliphatic carbocycles. The lowest BCUT2D eigenvalue weighted by atomic mass is 10.0. The minimum atomic E-state index is -1.80. The predicted octanol–water partition coefficient (Wildman–Crippen LogP) is 7.34. The lowest BCUT2D eigenvalue weighted by Crippen LogP contribution is -2.41. The molecule has 5 rings (SSSR count). The van der Waals surface area contributed by atoms with Crippen LogP contribution in [-0.4, -0.2) is 51.5 Å². The highest BCUT2D eigenvalue weighted by atomic mass is 35.5. The quantitative estimate of drug-likeness (QED) is 0.213. The van der Waals surface area contributed by atoms with Crippen LogP contribution in [0.5, 0.6) is 0 Å². The van der Waals surface area contributed by atoms with E-state index in [1.807, 2.05) is 12.1 Å². The fourth-order valence-electron chi connectivity index (χ4n) is 4.83. The van der Waals surface area contributed by atoms with E-state index in [2.05, 4.69) is 56.1 Å². The monoisotopic (exact) mass is 602 g/mol. The van der Waals surface area contributed by atoms with Crippen molar-refractivity contribution >= 4 is 48.4 Å². The number of benzene rings is 2. The molecule has 40 heavy (non-hydrogen) atoms. The Morgan fingerprint density at radius 3 is 2.60 bits per heavy atom. The van der Waals surface area contributed by atoms with E-state index in [1.165, 1.54) is 11.0 Å². The fourth-order valence-corrected chi connectivity index (χ4v) is 6.43. The Bertz CT molecular complexity index is 1580. The van der Waals surface area contributed by atoms with Crippen LogP contribution in [0.15, 0.2) is 42.9 Å². The summed E-state index contributed by atoms with van der Waals surface area (Å²) in [5.74, 6) is -1.16. The van der Waals surface area contributed by atoms with Gasteiger partial charge in [0.15, 0.2) is 14.4 Å². The lowest BCUT2D eigenvalue weighted by molar-refractivity contribution is -0.139. The Kier molecular flexibility index (Phi) is 7.63. The number of hydrogen-bond acceptors (Lipinski definition) is 4. The summed E-state index contributed by atoms with van der Waals surface area (Å²) in [6.07, 6.45) is 2.90. The van der Waals surface area contributed by atoms with Crippen LogP contribution in [0, 0.1) is 0 Å². The minimum Gasteiger partial charge on any atom is -0.479 e. The van der Waals surface area contributed by atoms with Crippen LogP contribution in [0.2, 0.25) is 28.2 Å². The zero-order valence-corrected chi connectivity index (χ0v) is 25.7. The Balaban J connectivity index is 1.42. The second-order valence-corrected chi connectivity index (χ2v) is 17.5. The van der Waals surface area contributed by atoms with Crippen molar-refractivity contribution in [3.63, 3.8) is 0 Å². The van der Waals surface area contributed by atoms with Crippen molar-refractivity contribution in [1.29, 1.82) is 0 Å². The summed E-state index contributed by atoms with van der Waals surface area (Å²) in [5.41, 5.74) is 3.94. The third kappa shape index (κ3) is 5.32. The molecule has 0 saturated carbocycles. The maximum atomic E-state index is 14.0. The Morgan fingerprint density at radius 1 is 1.25 bits per heavy atom. The zero-order valence-electron chi connectivity index (χ0n) is 23.2. The molecule has 0 saturated heterocycles. The van der Waals surface area contributed by atoms with Gasteiger partial charge in [-0.1, -0.05) is 68.2 Å². The van der Waals surface area contributed by atoms with Gasteiger partial charge in [-0.25, -0.2) is 14.2 Å². The van der Waals surface area contributed by atoms with E-state index < -0.39 is 26.5 Å². The van der Waals surface area contributed by atoms with E-state index >= 15 is 0 Å². The molecular weight excluding hydrogens is 570 g/mol. The molecule has 2 atom stereocenters. The van der Waals surface area contributed by atoms with Crippen LogP contribution in [0.4, 0.5) is 4.39 Å². The number of fused-ring (bicyclic) bond motifs is 2. The number of hydrogen-bond donors (Lipinski definition) is 1. The summed E-state index contributed by atoms with van der Waals surface area (Å²) in [5, 5.41) is 16.1. The van der Waals surface area contributed by atoms with Crippen molar-refractivity contribution < 1.29 is 18.7 Å². The first-order chi connectivity index (χ1) is 18.8. The Hall–Kier alpha value is -2.72. The van der Waals surface area contributed by atoms with Gasteiger partial charge in [-0.3, -0.25) is 4.68 Å². The van der Waals surface area contributed by atoms with Gasteiger partial charge in [-0.15, -0.1) is 0 Å². The average Bonchev–Trinajstić information content (AvgIpc) is 3.57. The summed E-state index contributed by atoms with van der Waals surface area (Å²) in [6, 6.07) is 8.61. The first kappa shape index (κ1) is 28.8. The van der Waals surface area contributed by atoms with Crippen molar-refractivity contribution in [2.75, 3.05) is 6.61 Å². The molecule has 1 unspecified atom stereocenters. The molecule has 1 aliphatic heterocycles. The smallest absolute Gasteiger partial charge is 0.334 e. The van der Waals surface area contributed by atoms with Crippen LogP contribution in [0.25, 0.3) is 22.0 Å². The van der Waals surface area contributed by atoms with Gasteiger partial charge in [-0.2, -0.15) is 5.10 Å². The summed E-state index contributed by atoms with van der Waals surface area (Å²) < 4.78 is 23.3. The Labute approximate surface area is 244 Å². The molecule has 0 amide bonds. The molecule has 1 N–H and O–H groups in total. The summed E-state index contributed by atoms with van der Waals surface area (Å²) in [4.78, 5) is 16.6. The number of imidazole rings is 1. The maximum Gasteiger partial charge on any atom is 0.334 e. The number of aromatic nitrogens is 4. The van der Waals surface area contributed by atoms with Crippen LogP contribution in [0.3, 0.4) is 0 Å².